The number of nitrogens with one attached hydrogen (secondary N) is 1. The van der Waals surface area contributed by atoms with Crippen LogP contribution in [0.4, 0.5) is 15.9 Å². The van der Waals surface area contributed by atoms with Crippen molar-refractivity contribution in [2.24, 2.45) is 0 Å². The van der Waals surface area contributed by atoms with E-state index in [2.05, 4.69) is 25.1 Å². The molecule has 164 valence electrons. The second-order valence-corrected chi connectivity index (χ2v) is 8.46. The van der Waals surface area contributed by atoms with Crippen LogP contribution in [0.5, 0.6) is 0 Å². The van der Waals surface area contributed by atoms with Gasteiger partial charge in [0.15, 0.2) is 0 Å². The first-order valence-corrected chi connectivity index (χ1v) is 11.2. The smallest absolute Gasteiger partial charge is 0.261 e. The molecule has 0 saturated carbocycles. The fraction of sp³-hybridized carbons (Fsp3) is 0.409. The van der Waals surface area contributed by atoms with Gasteiger partial charge >= 0.3 is 0 Å². The van der Waals surface area contributed by atoms with Crippen molar-refractivity contribution in [3.63, 3.8) is 0 Å². The maximum atomic E-state index is 14.1. The Morgan fingerprint density at radius 1 is 1.19 bits per heavy atom. The Labute approximate surface area is 184 Å². The minimum absolute atomic E-state index is 0.0908. The van der Waals surface area contributed by atoms with Gasteiger partial charge in [0.25, 0.3) is 5.91 Å². The maximum absolute atomic E-state index is 14.1. The molecule has 0 unspecified atom stereocenters. The molecule has 0 bridgehead atoms. The van der Waals surface area contributed by atoms with Crippen molar-refractivity contribution in [3.05, 3.63) is 46.9 Å². The first-order chi connectivity index (χ1) is 15.1. The molecule has 1 aliphatic heterocycles. The number of aryl methyl sites for hydroxylation is 1. The van der Waals surface area contributed by atoms with E-state index in [0.717, 1.165) is 28.0 Å². The molecule has 1 aliphatic rings. The number of hydrogen-bond acceptors (Lipinski definition) is 7. The van der Waals surface area contributed by atoms with Crippen molar-refractivity contribution >= 4 is 39.0 Å². The van der Waals surface area contributed by atoms with Gasteiger partial charge in [0.1, 0.15) is 22.8 Å². The van der Waals surface area contributed by atoms with Crippen LogP contribution < -0.4 is 15.1 Å². The number of anilines is 2. The standard InChI is InChI=1S/C22H26FN5O2S/c1-15-18-20(28-11-9-27(10-12-28)17-7-4-3-6-16(17)23)25-14-26-22(18)31-19(15)21(29)24-8-5-13-30-2/h3-4,6-7,14H,5,8-13H2,1-2H3,(H,24,29). The minimum atomic E-state index is -0.199. The number of para-hydroxylation sites is 1. The largest absolute Gasteiger partial charge is 0.385 e. The van der Waals surface area contributed by atoms with Crippen LogP contribution in [0.2, 0.25) is 0 Å². The highest BCUT2D eigenvalue weighted by Crippen LogP contribution is 2.35. The summed E-state index contributed by atoms with van der Waals surface area (Å²) in [7, 11) is 1.65. The Kier molecular flexibility index (Phi) is 6.62. The fourth-order valence-corrected chi connectivity index (χ4v) is 4.94. The molecule has 1 N–H and O–H groups in total. The summed E-state index contributed by atoms with van der Waals surface area (Å²) in [5.41, 5.74) is 1.53. The molecule has 3 aromatic rings. The number of carbonyl (C=O) groups is 1. The van der Waals surface area contributed by atoms with Crippen LogP contribution >= 0.6 is 11.3 Å². The highest BCUT2D eigenvalue weighted by atomic mass is 32.1. The number of amides is 1. The van der Waals surface area contributed by atoms with Crippen LogP contribution in [0.25, 0.3) is 10.2 Å². The Bertz CT molecular complexity index is 1070. The van der Waals surface area contributed by atoms with E-state index < -0.39 is 0 Å². The summed E-state index contributed by atoms with van der Waals surface area (Å²) in [5.74, 6) is 0.549. The fourth-order valence-electron chi connectivity index (χ4n) is 3.88. The van der Waals surface area contributed by atoms with Crippen molar-refractivity contribution < 1.29 is 13.9 Å². The Hall–Kier alpha value is -2.78. The molecule has 31 heavy (non-hydrogen) atoms. The normalized spacial score (nSPS) is 14.3. The van der Waals surface area contributed by atoms with Crippen LogP contribution in [0.3, 0.4) is 0 Å². The molecule has 2 aromatic heterocycles. The lowest BCUT2D eigenvalue weighted by Crippen LogP contribution is -2.47. The van der Waals surface area contributed by atoms with Crippen LogP contribution in [0.15, 0.2) is 30.6 Å². The second-order valence-electron chi connectivity index (χ2n) is 7.46. The molecule has 1 saturated heterocycles. The molecule has 4 rings (SSSR count). The Morgan fingerprint density at radius 3 is 2.68 bits per heavy atom. The van der Waals surface area contributed by atoms with E-state index in [1.807, 2.05) is 19.1 Å². The zero-order valence-corrected chi connectivity index (χ0v) is 18.5. The summed E-state index contributed by atoms with van der Waals surface area (Å²) < 4.78 is 19.2. The lowest BCUT2D eigenvalue weighted by Gasteiger charge is -2.37. The van der Waals surface area contributed by atoms with Gasteiger partial charge in [-0.15, -0.1) is 11.3 Å². The number of hydrogen-bond donors (Lipinski definition) is 1. The number of benzene rings is 1. The van der Waals surface area contributed by atoms with Gasteiger partial charge in [0.05, 0.1) is 16.0 Å². The third-order valence-corrected chi connectivity index (χ3v) is 6.69. The molecular weight excluding hydrogens is 417 g/mol. The van der Waals surface area contributed by atoms with Crippen molar-refractivity contribution in [1.29, 1.82) is 0 Å². The van der Waals surface area contributed by atoms with Gasteiger partial charge in [-0.25, -0.2) is 14.4 Å². The zero-order valence-electron chi connectivity index (χ0n) is 17.7. The molecular formula is C22H26FN5O2S. The molecule has 1 aromatic carbocycles. The number of methoxy groups -OCH3 is 1. The minimum Gasteiger partial charge on any atom is -0.385 e. The highest BCUT2D eigenvalue weighted by molar-refractivity contribution is 7.20. The molecule has 1 fully saturated rings. The summed E-state index contributed by atoms with van der Waals surface area (Å²) in [4.78, 5) is 27.4. The van der Waals surface area contributed by atoms with Gasteiger partial charge in [-0.05, 0) is 31.0 Å². The lowest BCUT2D eigenvalue weighted by molar-refractivity contribution is 0.0952. The highest BCUT2D eigenvalue weighted by Gasteiger charge is 2.25. The summed E-state index contributed by atoms with van der Waals surface area (Å²) >= 11 is 1.39. The van der Waals surface area contributed by atoms with E-state index in [4.69, 9.17) is 4.74 Å². The average molecular weight is 444 g/mol. The second kappa shape index (κ2) is 9.57. The number of piperazine rings is 1. The molecule has 0 spiro atoms. The molecule has 1 amide bonds. The predicted molar refractivity (Wildman–Crippen MR) is 122 cm³/mol. The number of fused-ring (bicyclic) bond motifs is 1. The maximum Gasteiger partial charge on any atom is 0.261 e. The van der Waals surface area contributed by atoms with E-state index >= 15 is 0 Å². The molecule has 0 aliphatic carbocycles. The third kappa shape index (κ3) is 4.47. The monoisotopic (exact) mass is 443 g/mol. The van der Waals surface area contributed by atoms with Gasteiger partial charge in [0.2, 0.25) is 0 Å². The molecule has 0 radical (unpaired) electrons. The van der Waals surface area contributed by atoms with Crippen LogP contribution in [0, 0.1) is 12.7 Å². The zero-order chi connectivity index (χ0) is 21.8. The number of ether oxygens (including phenoxy) is 1. The Balaban J connectivity index is 1.52. The van der Waals surface area contributed by atoms with E-state index in [1.165, 1.54) is 17.4 Å². The molecule has 0 atom stereocenters. The number of halogens is 1. The molecule has 7 nitrogen and oxygen atoms in total. The van der Waals surface area contributed by atoms with Crippen LogP contribution in [-0.4, -0.2) is 62.3 Å². The van der Waals surface area contributed by atoms with E-state index in [9.17, 15) is 9.18 Å². The van der Waals surface area contributed by atoms with Gasteiger partial charge < -0.3 is 19.9 Å². The molecule has 3 heterocycles. The summed E-state index contributed by atoms with van der Waals surface area (Å²) in [6, 6.07) is 6.87. The number of rotatable bonds is 7. The Morgan fingerprint density at radius 2 is 1.94 bits per heavy atom. The number of aromatic nitrogens is 2. The summed E-state index contributed by atoms with van der Waals surface area (Å²) in [5, 5.41) is 3.88. The number of carbonyl (C=O) groups excluding carboxylic acids is 1. The van der Waals surface area contributed by atoms with Crippen LogP contribution in [0.1, 0.15) is 21.7 Å². The van der Waals surface area contributed by atoms with E-state index in [0.29, 0.717) is 49.9 Å². The molecule has 9 heteroatoms. The van der Waals surface area contributed by atoms with Crippen molar-refractivity contribution in [2.75, 3.05) is 56.2 Å². The lowest BCUT2D eigenvalue weighted by atomic mass is 10.1. The third-order valence-electron chi connectivity index (χ3n) is 5.50. The number of thiophene rings is 1. The first kappa shape index (κ1) is 21.5. The average Bonchev–Trinajstić information content (AvgIpc) is 3.14. The van der Waals surface area contributed by atoms with Crippen molar-refractivity contribution in [3.8, 4) is 0 Å². The van der Waals surface area contributed by atoms with Crippen molar-refractivity contribution in [2.45, 2.75) is 13.3 Å². The topological polar surface area (TPSA) is 70.6 Å². The van der Waals surface area contributed by atoms with Gasteiger partial charge in [-0.2, -0.15) is 0 Å². The first-order valence-electron chi connectivity index (χ1n) is 10.4. The SMILES string of the molecule is COCCCNC(=O)c1sc2ncnc(N3CCN(c4ccccc4F)CC3)c2c1C. The summed E-state index contributed by atoms with van der Waals surface area (Å²) in [6.07, 6.45) is 2.32. The predicted octanol–water partition coefficient (Wildman–Crippen LogP) is 3.23. The van der Waals surface area contributed by atoms with E-state index in [-0.39, 0.29) is 11.7 Å². The summed E-state index contributed by atoms with van der Waals surface area (Å²) in [6.45, 7) is 5.95. The van der Waals surface area contributed by atoms with Crippen molar-refractivity contribution in [1.82, 2.24) is 15.3 Å². The van der Waals surface area contributed by atoms with Gasteiger partial charge in [0, 0.05) is 46.4 Å². The van der Waals surface area contributed by atoms with Gasteiger partial charge in [-0.1, -0.05) is 12.1 Å². The van der Waals surface area contributed by atoms with Crippen LogP contribution in [-0.2, 0) is 4.74 Å². The van der Waals surface area contributed by atoms with E-state index in [1.54, 1.807) is 19.5 Å². The van der Waals surface area contributed by atoms with Gasteiger partial charge in [-0.3, -0.25) is 4.79 Å². The quantitative estimate of drug-likeness (QED) is 0.566. The number of nitrogens with zero attached hydrogens (tertiary/aromatic N) is 4.